The van der Waals surface area contributed by atoms with Crippen molar-refractivity contribution in [1.29, 1.82) is 0 Å². The first-order chi connectivity index (χ1) is 5.22. The number of benzene rings is 1. The maximum Gasteiger partial charge on any atom is 0.445 e. The highest BCUT2D eigenvalue weighted by Gasteiger charge is 1.96. The molecule has 0 bridgehead atoms. The van der Waals surface area contributed by atoms with Crippen molar-refractivity contribution in [3.05, 3.63) is 29.3 Å². The summed E-state index contributed by atoms with van der Waals surface area (Å²) >= 11 is 0. The number of hydrogen-bond acceptors (Lipinski definition) is 1. The molecular formula is C8H11NOP+. The molecule has 0 heterocycles. The molecule has 1 aromatic rings. The van der Waals surface area contributed by atoms with Crippen LogP contribution in [0.15, 0.2) is 18.2 Å². The lowest BCUT2D eigenvalue weighted by atomic mass is 10.1. The number of anilines is 1. The van der Waals surface area contributed by atoms with Crippen molar-refractivity contribution in [3.63, 3.8) is 0 Å². The zero-order chi connectivity index (χ0) is 8.27. The van der Waals surface area contributed by atoms with E-state index in [-0.39, 0.29) is 0 Å². The number of aryl methyl sites for hydroxylation is 2. The first-order valence-corrected chi connectivity index (χ1v) is 4.34. The van der Waals surface area contributed by atoms with Crippen LogP contribution in [0.5, 0.6) is 0 Å². The van der Waals surface area contributed by atoms with E-state index in [9.17, 15) is 4.57 Å². The van der Waals surface area contributed by atoms with Crippen LogP contribution in [0.25, 0.3) is 0 Å². The van der Waals surface area contributed by atoms with Crippen LogP contribution < -0.4 is 5.09 Å². The van der Waals surface area contributed by atoms with Gasteiger partial charge in [-0.1, -0.05) is 6.07 Å². The maximum atomic E-state index is 10.2. The largest absolute Gasteiger partial charge is 0.445 e. The Morgan fingerprint density at radius 1 is 1.18 bits per heavy atom. The van der Waals surface area contributed by atoms with Gasteiger partial charge in [-0.05, 0) is 41.7 Å². The summed E-state index contributed by atoms with van der Waals surface area (Å²) in [5.41, 5.74) is 3.30. The molecule has 1 aromatic carbocycles. The molecule has 0 spiro atoms. The minimum absolute atomic E-state index is 0.472. The first kappa shape index (κ1) is 8.22. The Balaban J connectivity index is 2.98. The van der Waals surface area contributed by atoms with E-state index in [2.05, 4.69) is 11.2 Å². The van der Waals surface area contributed by atoms with Crippen LogP contribution in [-0.2, 0) is 4.57 Å². The van der Waals surface area contributed by atoms with Crippen LogP contribution in [-0.4, -0.2) is 0 Å². The van der Waals surface area contributed by atoms with E-state index < -0.39 is 8.61 Å². The summed E-state index contributed by atoms with van der Waals surface area (Å²) in [6.45, 7) is 4.04. The minimum Gasteiger partial charge on any atom is -0.181 e. The Hall–Kier alpha value is -0.880. The molecule has 0 amide bonds. The normalized spacial score (nSPS) is 10.0. The van der Waals surface area contributed by atoms with Crippen molar-refractivity contribution in [2.45, 2.75) is 13.8 Å². The lowest BCUT2D eigenvalue weighted by Gasteiger charge is -1.98. The van der Waals surface area contributed by atoms with Crippen molar-refractivity contribution >= 4 is 14.3 Å². The summed E-state index contributed by atoms with van der Waals surface area (Å²) in [6, 6.07) is 6.02. The lowest BCUT2D eigenvalue weighted by molar-refractivity contribution is 0.601. The average molecular weight is 168 g/mol. The SMILES string of the molecule is Cc1cc(C)cc(N[PH+]=O)c1. The summed E-state index contributed by atoms with van der Waals surface area (Å²) < 4.78 is 10.2. The van der Waals surface area contributed by atoms with Gasteiger partial charge in [0, 0.05) is 0 Å². The van der Waals surface area contributed by atoms with Gasteiger partial charge in [-0.3, -0.25) is 0 Å². The van der Waals surface area contributed by atoms with Gasteiger partial charge in [-0.15, -0.1) is 0 Å². The zero-order valence-corrected chi connectivity index (χ0v) is 7.64. The van der Waals surface area contributed by atoms with Crippen LogP contribution >= 0.6 is 8.61 Å². The van der Waals surface area contributed by atoms with Gasteiger partial charge < -0.3 is 0 Å². The van der Waals surface area contributed by atoms with Crippen molar-refractivity contribution in [3.8, 4) is 0 Å². The highest BCUT2D eigenvalue weighted by Crippen LogP contribution is 2.15. The lowest BCUT2D eigenvalue weighted by Crippen LogP contribution is -1.83. The molecule has 1 rings (SSSR count). The third-order valence-electron chi connectivity index (χ3n) is 1.42. The second-order valence-corrected chi connectivity index (χ2v) is 3.06. The van der Waals surface area contributed by atoms with Crippen molar-refractivity contribution < 1.29 is 4.57 Å². The van der Waals surface area contributed by atoms with Gasteiger partial charge in [0.05, 0.1) is 5.69 Å². The molecule has 58 valence electrons. The van der Waals surface area contributed by atoms with Crippen LogP contribution in [0.4, 0.5) is 5.69 Å². The van der Waals surface area contributed by atoms with Crippen LogP contribution in [0.2, 0.25) is 0 Å². The van der Waals surface area contributed by atoms with Gasteiger partial charge in [0.25, 0.3) is 0 Å². The Labute approximate surface area is 67.9 Å². The molecular weight excluding hydrogens is 157 g/mol. The van der Waals surface area contributed by atoms with E-state index in [4.69, 9.17) is 0 Å². The van der Waals surface area contributed by atoms with Gasteiger partial charge in [0.2, 0.25) is 0 Å². The molecule has 0 aliphatic heterocycles. The predicted molar refractivity (Wildman–Crippen MR) is 48.5 cm³/mol. The molecule has 0 fully saturated rings. The third-order valence-corrected chi connectivity index (χ3v) is 1.81. The first-order valence-electron chi connectivity index (χ1n) is 3.44. The highest BCUT2D eigenvalue weighted by molar-refractivity contribution is 7.25. The zero-order valence-electron chi connectivity index (χ0n) is 6.64. The molecule has 1 atom stereocenters. The van der Waals surface area contributed by atoms with E-state index in [1.165, 1.54) is 11.1 Å². The Kier molecular flexibility index (Phi) is 2.61. The highest BCUT2D eigenvalue weighted by atomic mass is 31.1. The van der Waals surface area contributed by atoms with E-state index in [1.54, 1.807) is 0 Å². The molecule has 3 heteroatoms. The molecule has 0 aliphatic carbocycles. The number of nitrogens with one attached hydrogen (secondary N) is 1. The van der Waals surface area contributed by atoms with Gasteiger partial charge in [0.1, 0.15) is 0 Å². The molecule has 0 aliphatic rings. The van der Waals surface area contributed by atoms with Crippen molar-refractivity contribution in [2.75, 3.05) is 5.09 Å². The fourth-order valence-electron chi connectivity index (χ4n) is 1.11. The second kappa shape index (κ2) is 3.49. The van der Waals surface area contributed by atoms with Gasteiger partial charge in [-0.25, -0.2) is 0 Å². The summed E-state index contributed by atoms with van der Waals surface area (Å²) in [6.07, 6.45) is 0. The second-order valence-electron chi connectivity index (χ2n) is 2.60. The van der Waals surface area contributed by atoms with Crippen LogP contribution in [0.3, 0.4) is 0 Å². The maximum absolute atomic E-state index is 10.2. The van der Waals surface area contributed by atoms with Gasteiger partial charge >= 0.3 is 8.61 Å². The number of rotatable bonds is 2. The quantitative estimate of drug-likeness (QED) is 0.688. The standard InChI is InChI=1S/C8H10NOP/c1-6-3-7(2)5-8(4-6)9-11-10/h3-5H,1-2H3,(H,9,10)/p+1. The summed E-state index contributed by atoms with van der Waals surface area (Å²) in [7, 11) is -0.472. The van der Waals surface area contributed by atoms with E-state index in [0.717, 1.165) is 5.69 Å². The smallest absolute Gasteiger partial charge is 0.181 e. The van der Waals surface area contributed by atoms with Crippen molar-refractivity contribution in [1.82, 2.24) is 0 Å². The summed E-state index contributed by atoms with van der Waals surface area (Å²) in [4.78, 5) is 0. The van der Waals surface area contributed by atoms with Crippen LogP contribution in [0, 0.1) is 13.8 Å². The van der Waals surface area contributed by atoms with Gasteiger partial charge in [0.15, 0.2) is 0 Å². The third kappa shape index (κ3) is 2.32. The van der Waals surface area contributed by atoms with E-state index in [1.807, 2.05) is 26.0 Å². The molecule has 0 radical (unpaired) electrons. The monoisotopic (exact) mass is 168 g/mol. The fourth-order valence-corrected chi connectivity index (χ4v) is 1.37. The molecule has 2 nitrogen and oxygen atoms in total. The average Bonchev–Trinajstić information content (AvgIpc) is 1.85. The number of hydrogen-bond donors (Lipinski definition) is 1. The van der Waals surface area contributed by atoms with Crippen molar-refractivity contribution in [2.24, 2.45) is 0 Å². The molecule has 0 aromatic heterocycles. The van der Waals surface area contributed by atoms with E-state index in [0.29, 0.717) is 0 Å². The fraction of sp³-hybridized carbons (Fsp3) is 0.250. The minimum atomic E-state index is -0.472. The summed E-state index contributed by atoms with van der Waals surface area (Å²) in [5.74, 6) is 0. The molecule has 1 unspecified atom stereocenters. The Morgan fingerprint density at radius 2 is 1.73 bits per heavy atom. The molecule has 0 saturated carbocycles. The van der Waals surface area contributed by atoms with Gasteiger partial charge in [-0.2, -0.15) is 5.09 Å². The predicted octanol–water partition coefficient (Wildman–Crippen LogP) is 2.65. The Morgan fingerprint density at radius 3 is 2.18 bits per heavy atom. The van der Waals surface area contributed by atoms with Crippen LogP contribution in [0.1, 0.15) is 11.1 Å². The molecule has 11 heavy (non-hydrogen) atoms. The summed E-state index contributed by atoms with van der Waals surface area (Å²) in [5, 5.41) is 2.76. The topological polar surface area (TPSA) is 29.1 Å². The molecule has 1 N–H and O–H groups in total. The molecule has 0 saturated heterocycles. The Bertz CT molecular complexity index is 253. The van der Waals surface area contributed by atoms with E-state index >= 15 is 0 Å².